The number of carboxylic acids is 1. The predicted molar refractivity (Wildman–Crippen MR) is 163 cm³/mol. The first-order chi connectivity index (χ1) is 21.3. The Hall–Kier alpha value is -1.05. The third-order valence-corrected chi connectivity index (χ3v) is 7.42. The quantitative estimate of drug-likeness (QED) is 0.0347. The molecule has 0 rings (SSSR count). The standard InChI is InChI=1S/C18H36O2.C12H26O13/c1-2-3-4-5-6-7-8-9-10-11-12-13-14-15-16-17-18(19)20;13-1-3(15)5(17)7(19)9(21)11(23)25-12(24)10(22)8(20)6(18)4(16)2-14/h2-17H2,1H3,(H,19,20);3-24H,1-2H2/t;3-,4-,5-,6-,7+,8+,9-,10-,11?,12?/m.1/s1. The molecule has 0 aromatic carbocycles. The number of aliphatic hydroxyl groups excluding tert-OH is 12. The highest BCUT2D eigenvalue weighted by Crippen LogP contribution is 2.16. The van der Waals surface area contributed by atoms with Crippen LogP contribution >= 0.6 is 0 Å². The Bertz CT molecular complexity index is 641. The van der Waals surface area contributed by atoms with Crippen LogP contribution < -0.4 is 0 Å². The van der Waals surface area contributed by atoms with E-state index >= 15 is 0 Å². The molecule has 0 bridgehead atoms. The topological polar surface area (TPSA) is 289 Å². The zero-order chi connectivity index (χ0) is 34.8. The molecular weight excluding hydrogens is 600 g/mol. The first-order valence-electron chi connectivity index (χ1n) is 16.2. The SMILES string of the molecule is CCCCCCCCCCCCCCCCCC(=O)O.OC[C@@H](O)[C@@H](O)[C@H](O)[C@@H](O)C(O)OC(O)[C@H](O)[C@@H](O)[C@H](O)[C@H](O)CO. The average Bonchev–Trinajstić information content (AvgIpc) is 3.03. The Kier molecular flexibility index (Phi) is 29.8. The van der Waals surface area contributed by atoms with Crippen LogP contribution in [0.15, 0.2) is 0 Å². The number of aliphatic hydroxyl groups is 12. The molecule has 0 aromatic rings. The highest BCUT2D eigenvalue weighted by molar-refractivity contribution is 5.66. The number of unbranched alkanes of at least 4 members (excludes halogenated alkanes) is 14. The molecule has 0 saturated heterocycles. The van der Waals surface area contributed by atoms with Crippen molar-refractivity contribution in [1.29, 1.82) is 0 Å². The van der Waals surface area contributed by atoms with Gasteiger partial charge in [-0.15, -0.1) is 0 Å². The maximum Gasteiger partial charge on any atom is 0.303 e. The van der Waals surface area contributed by atoms with Crippen LogP contribution in [0.1, 0.15) is 110 Å². The van der Waals surface area contributed by atoms with Gasteiger partial charge in [-0.1, -0.05) is 96.8 Å². The Morgan fingerprint density at radius 2 is 0.756 bits per heavy atom. The van der Waals surface area contributed by atoms with E-state index in [0.717, 1.165) is 12.8 Å². The lowest BCUT2D eigenvalue weighted by molar-refractivity contribution is -0.295. The lowest BCUT2D eigenvalue weighted by Gasteiger charge is -2.32. The molecule has 0 fully saturated rings. The van der Waals surface area contributed by atoms with Gasteiger partial charge >= 0.3 is 5.97 Å². The summed E-state index contributed by atoms with van der Waals surface area (Å²) in [6.45, 7) is 0.327. The molecular formula is C30H62O15. The second-order valence-corrected chi connectivity index (χ2v) is 11.5. The van der Waals surface area contributed by atoms with Crippen molar-refractivity contribution in [2.24, 2.45) is 0 Å². The number of hydrogen-bond acceptors (Lipinski definition) is 14. The molecule has 272 valence electrons. The van der Waals surface area contributed by atoms with Crippen molar-refractivity contribution in [1.82, 2.24) is 0 Å². The zero-order valence-electron chi connectivity index (χ0n) is 26.6. The number of ether oxygens (including phenoxy) is 1. The van der Waals surface area contributed by atoms with E-state index in [4.69, 9.17) is 25.5 Å². The predicted octanol–water partition coefficient (Wildman–Crippen LogP) is -1.16. The maximum absolute atomic E-state index is 10.3. The van der Waals surface area contributed by atoms with Crippen LogP contribution in [0.3, 0.4) is 0 Å². The van der Waals surface area contributed by atoms with Gasteiger partial charge in [0.25, 0.3) is 0 Å². The van der Waals surface area contributed by atoms with Crippen molar-refractivity contribution >= 4 is 5.97 Å². The van der Waals surface area contributed by atoms with Crippen molar-refractivity contribution in [2.75, 3.05) is 13.2 Å². The van der Waals surface area contributed by atoms with E-state index in [9.17, 15) is 45.6 Å². The van der Waals surface area contributed by atoms with Crippen LogP contribution in [-0.2, 0) is 9.53 Å². The average molecular weight is 663 g/mol. The van der Waals surface area contributed by atoms with E-state index in [1.807, 2.05) is 0 Å². The molecule has 10 atom stereocenters. The van der Waals surface area contributed by atoms with Crippen LogP contribution in [0.2, 0.25) is 0 Å². The first kappa shape index (κ1) is 46.1. The van der Waals surface area contributed by atoms with Crippen molar-refractivity contribution < 1.29 is 75.9 Å². The molecule has 0 aromatic heterocycles. The van der Waals surface area contributed by atoms with Crippen LogP contribution in [-0.4, -0.2) is 147 Å². The fourth-order valence-electron chi connectivity index (χ4n) is 4.36. The molecule has 0 aliphatic carbocycles. The second kappa shape index (κ2) is 29.1. The van der Waals surface area contributed by atoms with Crippen LogP contribution in [0, 0.1) is 0 Å². The van der Waals surface area contributed by atoms with Gasteiger partial charge in [-0.25, -0.2) is 0 Å². The molecule has 0 saturated carbocycles. The van der Waals surface area contributed by atoms with E-state index in [0.29, 0.717) is 6.42 Å². The molecule has 0 amide bonds. The van der Waals surface area contributed by atoms with E-state index in [-0.39, 0.29) is 0 Å². The Morgan fingerprint density at radius 1 is 0.467 bits per heavy atom. The molecule has 0 aliphatic heterocycles. The molecule has 0 heterocycles. The largest absolute Gasteiger partial charge is 0.481 e. The van der Waals surface area contributed by atoms with Gasteiger partial charge < -0.3 is 71.1 Å². The van der Waals surface area contributed by atoms with Gasteiger partial charge in [0.15, 0.2) is 12.6 Å². The lowest BCUT2D eigenvalue weighted by Crippen LogP contribution is -2.54. The molecule has 13 N–H and O–H groups in total. The fourth-order valence-corrected chi connectivity index (χ4v) is 4.36. The summed E-state index contributed by atoms with van der Waals surface area (Å²) in [6.07, 6.45) is -1.66. The van der Waals surface area contributed by atoms with Crippen LogP contribution in [0.25, 0.3) is 0 Å². The van der Waals surface area contributed by atoms with Gasteiger partial charge in [0.05, 0.1) is 13.2 Å². The summed E-state index contributed by atoms with van der Waals surface area (Å²) >= 11 is 0. The van der Waals surface area contributed by atoms with E-state index in [2.05, 4.69) is 11.7 Å². The van der Waals surface area contributed by atoms with Crippen molar-refractivity contribution in [3.63, 3.8) is 0 Å². The minimum absolute atomic E-state index is 0.345. The van der Waals surface area contributed by atoms with Crippen LogP contribution in [0.5, 0.6) is 0 Å². The van der Waals surface area contributed by atoms with Crippen molar-refractivity contribution in [3.05, 3.63) is 0 Å². The van der Waals surface area contributed by atoms with Crippen molar-refractivity contribution in [3.8, 4) is 0 Å². The Morgan fingerprint density at radius 3 is 1.02 bits per heavy atom. The van der Waals surface area contributed by atoms with Gasteiger partial charge in [0, 0.05) is 6.42 Å². The monoisotopic (exact) mass is 662 g/mol. The summed E-state index contributed by atoms with van der Waals surface area (Å²) in [5.41, 5.74) is 0. The fraction of sp³-hybridized carbons (Fsp3) is 0.967. The maximum atomic E-state index is 10.3. The number of rotatable bonds is 28. The Labute approximate surface area is 266 Å². The van der Waals surface area contributed by atoms with E-state index < -0.39 is 80.6 Å². The molecule has 2 unspecified atom stereocenters. The minimum Gasteiger partial charge on any atom is -0.481 e. The first-order valence-corrected chi connectivity index (χ1v) is 16.2. The number of hydrogen-bond donors (Lipinski definition) is 13. The molecule has 45 heavy (non-hydrogen) atoms. The number of carbonyl (C=O) groups is 1. The van der Waals surface area contributed by atoms with Gasteiger partial charge in [-0.3, -0.25) is 4.79 Å². The summed E-state index contributed by atoms with van der Waals surface area (Å²) in [7, 11) is 0. The highest BCUT2D eigenvalue weighted by Gasteiger charge is 2.39. The lowest BCUT2D eigenvalue weighted by atomic mass is 10.0. The van der Waals surface area contributed by atoms with Crippen LogP contribution in [0.4, 0.5) is 0 Å². The van der Waals surface area contributed by atoms with Gasteiger partial charge in [0.1, 0.15) is 48.8 Å². The smallest absolute Gasteiger partial charge is 0.303 e. The molecule has 15 nitrogen and oxygen atoms in total. The van der Waals surface area contributed by atoms with Gasteiger partial charge in [-0.05, 0) is 6.42 Å². The number of aliphatic carboxylic acids is 1. The minimum atomic E-state index is -2.44. The summed E-state index contributed by atoms with van der Waals surface area (Å²) in [4.78, 5) is 10.3. The molecule has 15 heteroatoms. The molecule has 0 radical (unpaired) electrons. The highest BCUT2D eigenvalue weighted by atomic mass is 16.7. The number of carboxylic acid groups (broad SMARTS) is 1. The normalized spacial score (nSPS) is 18.4. The third-order valence-electron chi connectivity index (χ3n) is 7.42. The zero-order valence-corrected chi connectivity index (χ0v) is 26.6. The Balaban J connectivity index is 0. The van der Waals surface area contributed by atoms with E-state index in [1.54, 1.807) is 0 Å². The molecule has 0 spiro atoms. The second-order valence-electron chi connectivity index (χ2n) is 11.5. The summed E-state index contributed by atoms with van der Waals surface area (Å²) < 4.78 is 4.32. The van der Waals surface area contributed by atoms with E-state index in [1.165, 1.54) is 83.5 Å². The summed E-state index contributed by atoms with van der Waals surface area (Å²) in [5, 5.41) is 120. The van der Waals surface area contributed by atoms with Gasteiger partial charge in [-0.2, -0.15) is 0 Å². The summed E-state index contributed by atoms with van der Waals surface area (Å²) in [6, 6.07) is 0. The third kappa shape index (κ3) is 23.0. The molecule has 0 aliphatic rings. The summed E-state index contributed by atoms with van der Waals surface area (Å²) in [5.74, 6) is -0.653. The van der Waals surface area contributed by atoms with Crippen molar-refractivity contribution in [2.45, 2.75) is 171 Å². The van der Waals surface area contributed by atoms with Gasteiger partial charge in [0.2, 0.25) is 0 Å².